The first-order chi connectivity index (χ1) is 9.22. The van der Waals surface area contributed by atoms with Gasteiger partial charge in [-0.1, -0.05) is 36.4 Å². The topological polar surface area (TPSA) is 49.3 Å². The smallest absolute Gasteiger partial charge is 0.254 e. The maximum atomic E-state index is 11.7. The zero-order chi connectivity index (χ0) is 13.4. The molecule has 0 aromatic heterocycles. The molecule has 3 nitrogen and oxygen atoms in total. The van der Waals surface area contributed by atoms with E-state index >= 15 is 0 Å². The van der Waals surface area contributed by atoms with Gasteiger partial charge in [-0.3, -0.25) is 4.79 Å². The van der Waals surface area contributed by atoms with E-state index in [0.29, 0.717) is 10.9 Å². The van der Waals surface area contributed by atoms with Gasteiger partial charge in [-0.2, -0.15) is 0 Å². The average molecular weight is 251 g/mol. The van der Waals surface area contributed by atoms with Crippen LogP contribution in [0.2, 0.25) is 0 Å². The van der Waals surface area contributed by atoms with Gasteiger partial charge in [0.15, 0.2) is 0 Å². The van der Waals surface area contributed by atoms with E-state index in [2.05, 4.69) is 5.32 Å². The molecule has 0 bridgehead atoms. The molecule has 0 heterocycles. The summed E-state index contributed by atoms with van der Waals surface area (Å²) in [6, 6.07) is 15.3. The number of hydrogen-bond acceptors (Lipinski definition) is 2. The van der Waals surface area contributed by atoms with Crippen LogP contribution >= 0.6 is 0 Å². The molecule has 0 aliphatic carbocycles. The van der Waals surface area contributed by atoms with E-state index in [-0.39, 0.29) is 11.7 Å². The number of phenols is 1. The number of amides is 1. The number of fused-ring (bicyclic) bond motifs is 3. The predicted octanol–water partition coefficient (Wildman–Crippen LogP) is 3.06. The van der Waals surface area contributed by atoms with Gasteiger partial charge in [0, 0.05) is 12.4 Å². The molecule has 94 valence electrons. The molecular weight excluding hydrogens is 238 g/mol. The molecule has 0 spiro atoms. The minimum absolute atomic E-state index is 0.0302. The number of aromatic hydroxyl groups is 1. The van der Waals surface area contributed by atoms with Crippen LogP contribution in [0.4, 0.5) is 0 Å². The molecular formula is C16H13NO2. The Kier molecular flexibility index (Phi) is 2.60. The number of hydrogen-bond donors (Lipinski definition) is 2. The number of carbonyl (C=O) groups excluding carboxylic acids is 1. The van der Waals surface area contributed by atoms with Crippen molar-refractivity contribution in [2.75, 3.05) is 7.05 Å². The third-order valence-corrected chi connectivity index (χ3v) is 3.37. The summed E-state index contributed by atoms with van der Waals surface area (Å²) < 4.78 is 0. The SMILES string of the molecule is CNC(=O)c1ccc2c(ccc3ccccc32)c1O. The Morgan fingerprint density at radius 2 is 1.68 bits per heavy atom. The first-order valence-electron chi connectivity index (χ1n) is 6.08. The fourth-order valence-electron chi connectivity index (χ4n) is 2.39. The molecule has 3 heteroatoms. The van der Waals surface area contributed by atoms with Crippen LogP contribution in [0.3, 0.4) is 0 Å². The maximum Gasteiger partial charge on any atom is 0.254 e. The summed E-state index contributed by atoms with van der Waals surface area (Å²) in [7, 11) is 1.55. The lowest BCUT2D eigenvalue weighted by Crippen LogP contribution is -2.17. The Labute approximate surface area is 110 Å². The Morgan fingerprint density at radius 3 is 2.47 bits per heavy atom. The fraction of sp³-hybridized carbons (Fsp3) is 0.0625. The van der Waals surface area contributed by atoms with Gasteiger partial charge in [-0.25, -0.2) is 0 Å². The van der Waals surface area contributed by atoms with Crippen molar-refractivity contribution in [3.05, 3.63) is 54.1 Å². The van der Waals surface area contributed by atoms with Crippen LogP contribution in [-0.2, 0) is 0 Å². The van der Waals surface area contributed by atoms with Gasteiger partial charge in [0.2, 0.25) is 0 Å². The second-order valence-corrected chi connectivity index (χ2v) is 4.42. The molecule has 0 unspecified atom stereocenters. The molecule has 1 amide bonds. The molecule has 0 saturated heterocycles. The zero-order valence-electron chi connectivity index (χ0n) is 10.5. The van der Waals surface area contributed by atoms with E-state index in [9.17, 15) is 9.90 Å². The van der Waals surface area contributed by atoms with Crippen molar-refractivity contribution in [3.8, 4) is 5.75 Å². The normalized spacial score (nSPS) is 10.8. The highest BCUT2D eigenvalue weighted by atomic mass is 16.3. The van der Waals surface area contributed by atoms with Crippen LogP contribution in [0, 0.1) is 0 Å². The number of carbonyl (C=O) groups is 1. The van der Waals surface area contributed by atoms with Gasteiger partial charge in [0.25, 0.3) is 5.91 Å². The third-order valence-electron chi connectivity index (χ3n) is 3.37. The summed E-state index contributed by atoms with van der Waals surface area (Å²) in [5, 5.41) is 16.6. The lowest BCUT2D eigenvalue weighted by molar-refractivity contribution is 0.0960. The van der Waals surface area contributed by atoms with E-state index in [0.717, 1.165) is 16.2 Å². The number of nitrogens with one attached hydrogen (secondary N) is 1. The van der Waals surface area contributed by atoms with Gasteiger partial charge < -0.3 is 10.4 Å². The minimum atomic E-state index is -0.285. The highest BCUT2D eigenvalue weighted by Crippen LogP contribution is 2.33. The van der Waals surface area contributed by atoms with Crippen molar-refractivity contribution in [1.82, 2.24) is 5.32 Å². The molecule has 0 atom stereocenters. The standard InChI is InChI=1S/C16H13NO2/c1-17-16(19)14-9-8-12-11-5-3-2-4-10(11)6-7-13(12)15(14)18/h2-9,18H,1H3,(H,17,19). The van der Waals surface area contributed by atoms with Crippen LogP contribution in [0.25, 0.3) is 21.5 Å². The molecule has 0 radical (unpaired) electrons. The largest absolute Gasteiger partial charge is 0.506 e. The Hall–Kier alpha value is -2.55. The van der Waals surface area contributed by atoms with Crippen LogP contribution in [0.5, 0.6) is 5.75 Å². The van der Waals surface area contributed by atoms with E-state index in [4.69, 9.17) is 0 Å². The van der Waals surface area contributed by atoms with Crippen molar-refractivity contribution < 1.29 is 9.90 Å². The molecule has 19 heavy (non-hydrogen) atoms. The molecule has 2 N–H and O–H groups in total. The third kappa shape index (κ3) is 1.71. The summed E-state index contributed by atoms with van der Waals surface area (Å²) in [5.41, 5.74) is 0.297. The lowest BCUT2D eigenvalue weighted by Gasteiger charge is -2.09. The highest BCUT2D eigenvalue weighted by molar-refractivity contribution is 6.12. The molecule has 3 aromatic carbocycles. The van der Waals surface area contributed by atoms with Crippen molar-refractivity contribution >= 4 is 27.5 Å². The second-order valence-electron chi connectivity index (χ2n) is 4.42. The van der Waals surface area contributed by atoms with Gasteiger partial charge in [0.1, 0.15) is 5.75 Å². The quantitative estimate of drug-likeness (QED) is 0.653. The van der Waals surface area contributed by atoms with E-state index < -0.39 is 0 Å². The molecule has 3 aromatic rings. The molecule has 0 saturated carbocycles. The van der Waals surface area contributed by atoms with Crippen molar-refractivity contribution in [3.63, 3.8) is 0 Å². The summed E-state index contributed by atoms with van der Waals surface area (Å²) >= 11 is 0. The highest BCUT2D eigenvalue weighted by Gasteiger charge is 2.13. The van der Waals surface area contributed by atoms with Gasteiger partial charge in [0.05, 0.1) is 5.56 Å². The van der Waals surface area contributed by atoms with E-state index in [1.807, 2.05) is 42.5 Å². The number of benzene rings is 3. The van der Waals surface area contributed by atoms with Crippen LogP contribution in [0.15, 0.2) is 48.5 Å². The zero-order valence-corrected chi connectivity index (χ0v) is 10.5. The molecule has 0 aliphatic rings. The van der Waals surface area contributed by atoms with Crippen molar-refractivity contribution in [2.24, 2.45) is 0 Å². The number of rotatable bonds is 1. The Morgan fingerprint density at radius 1 is 0.947 bits per heavy atom. The van der Waals surface area contributed by atoms with Crippen LogP contribution in [-0.4, -0.2) is 18.1 Å². The second kappa shape index (κ2) is 4.28. The van der Waals surface area contributed by atoms with Crippen molar-refractivity contribution in [2.45, 2.75) is 0 Å². The minimum Gasteiger partial charge on any atom is -0.506 e. The molecule has 0 aliphatic heterocycles. The summed E-state index contributed by atoms with van der Waals surface area (Å²) in [6.45, 7) is 0. The Bertz CT molecular complexity index is 793. The van der Waals surface area contributed by atoms with E-state index in [1.165, 1.54) is 0 Å². The molecule has 3 rings (SSSR count). The van der Waals surface area contributed by atoms with Gasteiger partial charge in [-0.05, 0) is 28.3 Å². The Balaban J connectivity index is 2.39. The lowest BCUT2D eigenvalue weighted by atomic mass is 9.99. The summed E-state index contributed by atoms with van der Waals surface area (Å²) in [4.78, 5) is 11.7. The summed E-state index contributed by atoms with van der Waals surface area (Å²) in [5.74, 6) is -0.254. The first kappa shape index (κ1) is 11.5. The number of phenolic OH excluding ortho intramolecular Hbond substituents is 1. The monoisotopic (exact) mass is 251 g/mol. The van der Waals surface area contributed by atoms with Gasteiger partial charge in [-0.15, -0.1) is 0 Å². The van der Waals surface area contributed by atoms with Gasteiger partial charge >= 0.3 is 0 Å². The van der Waals surface area contributed by atoms with Crippen LogP contribution < -0.4 is 5.32 Å². The predicted molar refractivity (Wildman–Crippen MR) is 76.5 cm³/mol. The first-order valence-corrected chi connectivity index (χ1v) is 6.08. The average Bonchev–Trinajstić information content (AvgIpc) is 2.46. The van der Waals surface area contributed by atoms with Crippen LogP contribution in [0.1, 0.15) is 10.4 Å². The fourth-order valence-corrected chi connectivity index (χ4v) is 2.39. The maximum absolute atomic E-state index is 11.7. The summed E-state index contributed by atoms with van der Waals surface area (Å²) in [6.07, 6.45) is 0. The van der Waals surface area contributed by atoms with Crippen molar-refractivity contribution in [1.29, 1.82) is 0 Å². The molecule has 0 fully saturated rings. The van der Waals surface area contributed by atoms with E-state index in [1.54, 1.807) is 13.1 Å².